The first-order chi connectivity index (χ1) is 10.9. The van der Waals surface area contributed by atoms with Crippen LogP contribution in [0.25, 0.3) is 22.9 Å². The van der Waals surface area contributed by atoms with Crippen LogP contribution in [0.15, 0.2) is 51.8 Å². The molecule has 0 aliphatic carbocycles. The SMILES string of the molecule is O=c1ccc(-c2nnc(-c3ccc(OC(F)(F)F)cc3)o2)c[nH]1. The number of alkyl halides is 3. The second kappa shape index (κ2) is 5.59. The average molecular weight is 323 g/mol. The van der Waals surface area contributed by atoms with E-state index in [9.17, 15) is 18.0 Å². The highest BCUT2D eigenvalue weighted by Gasteiger charge is 2.31. The van der Waals surface area contributed by atoms with Crippen molar-refractivity contribution in [3.05, 3.63) is 52.9 Å². The number of ether oxygens (including phenoxy) is 1. The van der Waals surface area contributed by atoms with Gasteiger partial charge in [-0.3, -0.25) is 4.79 Å². The normalized spacial score (nSPS) is 11.4. The lowest BCUT2D eigenvalue weighted by Crippen LogP contribution is -2.16. The molecular formula is C14H8F3N3O3. The number of nitrogens with one attached hydrogen (secondary N) is 1. The van der Waals surface area contributed by atoms with Gasteiger partial charge in [0.1, 0.15) is 5.75 Å². The van der Waals surface area contributed by atoms with Crippen LogP contribution in [0.1, 0.15) is 0 Å². The zero-order valence-electron chi connectivity index (χ0n) is 11.3. The third-order valence-electron chi connectivity index (χ3n) is 2.79. The van der Waals surface area contributed by atoms with Gasteiger partial charge in [0.15, 0.2) is 0 Å². The van der Waals surface area contributed by atoms with E-state index in [1.54, 1.807) is 0 Å². The summed E-state index contributed by atoms with van der Waals surface area (Å²) < 4.78 is 45.5. The van der Waals surface area contributed by atoms with E-state index in [2.05, 4.69) is 19.9 Å². The van der Waals surface area contributed by atoms with Crippen LogP contribution in [0.5, 0.6) is 5.75 Å². The van der Waals surface area contributed by atoms with Crippen LogP contribution in [-0.2, 0) is 0 Å². The Morgan fingerprint density at radius 1 is 0.957 bits per heavy atom. The van der Waals surface area contributed by atoms with Gasteiger partial charge in [-0.1, -0.05) is 0 Å². The van der Waals surface area contributed by atoms with Crippen molar-refractivity contribution in [3.63, 3.8) is 0 Å². The van der Waals surface area contributed by atoms with Gasteiger partial charge < -0.3 is 14.1 Å². The third-order valence-corrected chi connectivity index (χ3v) is 2.79. The summed E-state index contributed by atoms with van der Waals surface area (Å²) >= 11 is 0. The zero-order valence-corrected chi connectivity index (χ0v) is 11.3. The summed E-state index contributed by atoms with van der Waals surface area (Å²) in [4.78, 5) is 13.5. The molecule has 6 nitrogen and oxygen atoms in total. The number of aromatic amines is 1. The lowest BCUT2D eigenvalue weighted by atomic mass is 10.2. The third kappa shape index (κ3) is 3.57. The molecule has 0 radical (unpaired) electrons. The molecule has 118 valence electrons. The van der Waals surface area contributed by atoms with E-state index in [1.165, 1.54) is 30.5 Å². The summed E-state index contributed by atoms with van der Waals surface area (Å²) in [5.41, 5.74) is 0.678. The Bertz CT molecular complexity index is 849. The van der Waals surface area contributed by atoms with Gasteiger partial charge in [-0.2, -0.15) is 0 Å². The fourth-order valence-corrected chi connectivity index (χ4v) is 1.80. The Balaban J connectivity index is 1.83. The highest BCUT2D eigenvalue weighted by molar-refractivity contribution is 5.57. The summed E-state index contributed by atoms with van der Waals surface area (Å²) in [6.45, 7) is 0. The molecule has 0 amide bonds. The van der Waals surface area contributed by atoms with E-state index in [-0.39, 0.29) is 23.1 Å². The first-order valence-electron chi connectivity index (χ1n) is 6.29. The molecule has 2 heterocycles. The maximum Gasteiger partial charge on any atom is 0.573 e. The predicted octanol–water partition coefficient (Wildman–Crippen LogP) is 2.99. The molecule has 0 bridgehead atoms. The van der Waals surface area contributed by atoms with Crippen molar-refractivity contribution in [2.45, 2.75) is 6.36 Å². The van der Waals surface area contributed by atoms with E-state index in [0.29, 0.717) is 11.1 Å². The molecule has 2 aromatic heterocycles. The first-order valence-corrected chi connectivity index (χ1v) is 6.29. The number of aromatic nitrogens is 3. The predicted molar refractivity (Wildman–Crippen MR) is 72.5 cm³/mol. The minimum atomic E-state index is -4.75. The molecule has 0 fully saturated rings. The molecule has 0 unspecified atom stereocenters. The Hall–Kier alpha value is -3.10. The summed E-state index contributed by atoms with van der Waals surface area (Å²) in [5, 5.41) is 7.64. The largest absolute Gasteiger partial charge is 0.573 e. The number of benzene rings is 1. The quantitative estimate of drug-likeness (QED) is 0.801. The van der Waals surface area contributed by atoms with Gasteiger partial charge >= 0.3 is 6.36 Å². The summed E-state index contributed by atoms with van der Waals surface area (Å²) in [6, 6.07) is 7.84. The van der Waals surface area contributed by atoms with Gasteiger partial charge in [0.05, 0.1) is 5.56 Å². The molecule has 1 N–H and O–H groups in total. The summed E-state index contributed by atoms with van der Waals surface area (Å²) in [5.74, 6) is -0.0433. The Morgan fingerprint density at radius 2 is 1.57 bits per heavy atom. The maximum absolute atomic E-state index is 12.1. The molecule has 0 saturated heterocycles. The highest BCUT2D eigenvalue weighted by atomic mass is 19.4. The maximum atomic E-state index is 12.1. The first kappa shape index (κ1) is 14.8. The molecular weight excluding hydrogens is 315 g/mol. The highest BCUT2D eigenvalue weighted by Crippen LogP contribution is 2.27. The molecule has 3 aromatic rings. The monoisotopic (exact) mass is 323 g/mol. The zero-order chi connectivity index (χ0) is 16.4. The molecule has 23 heavy (non-hydrogen) atoms. The number of nitrogens with zero attached hydrogens (tertiary/aromatic N) is 2. The van der Waals surface area contributed by atoms with Crippen LogP contribution in [-0.4, -0.2) is 21.5 Å². The molecule has 0 spiro atoms. The fourth-order valence-electron chi connectivity index (χ4n) is 1.80. The molecule has 1 aromatic carbocycles. The minimum absolute atomic E-state index is 0.129. The van der Waals surface area contributed by atoms with Gasteiger partial charge in [0.25, 0.3) is 0 Å². The summed E-state index contributed by atoms with van der Waals surface area (Å²) in [6.07, 6.45) is -3.33. The van der Waals surface area contributed by atoms with Crippen LogP contribution < -0.4 is 10.3 Å². The van der Waals surface area contributed by atoms with Gasteiger partial charge in [0, 0.05) is 17.8 Å². The van der Waals surface area contributed by atoms with Crippen molar-refractivity contribution in [3.8, 4) is 28.7 Å². The van der Waals surface area contributed by atoms with Crippen molar-refractivity contribution in [1.82, 2.24) is 15.2 Å². The van der Waals surface area contributed by atoms with E-state index in [4.69, 9.17) is 4.42 Å². The summed E-state index contributed by atoms with van der Waals surface area (Å²) in [7, 11) is 0. The van der Waals surface area contributed by atoms with E-state index in [1.807, 2.05) is 0 Å². The van der Waals surface area contributed by atoms with E-state index >= 15 is 0 Å². The topological polar surface area (TPSA) is 81.0 Å². The van der Waals surface area contributed by atoms with Gasteiger partial charge in [-0.25, -0.2) is 0 Å². The lowest BCUT2D eigenvalue weighted by Gasteiger charge is -2.08. The van der Waals surface area contributed by atoms with E-state index < -0.39 is 6.36 Å². The second-order valence-electron chi connectivity index (χ2n) is 4.43. The minimum Gasteiger partial charge on any atom is -0.416 e. The van der Waals surface area contributed by atoms with Crippen molar-refractivity contribution < 1.29 is 22.3 Å². The van der Waals surface area contributed by atoms with Crippen molar-refractivity contribution in [2.24, 2.45) is 0 Å². The Morgan fingerprint density at radius 3 is 2.13 bits per heavy atom. The Labute approximate surface area is 126 Å². The molecule has 3 rings (SSSR count). The molecule has 0 saturated carbocycles. The molecule has 0 aliphatic rings. The number of halogens is 3. The molecule has 0 aliphatic heterocycles. The number of hydrogen-bond acceptors (Lipinski definition) is 5. The number of H-pyrrole nitrogens is 1. The van der Waals surface area contributed by atoms with Crippen LogP contribution in [0, 0.1) is 0 Å². The van der Waals surface area contributed by atoms with Crippen LogP contribution >= 0.6 is 0 Å². The number of rotatable bonds is 3. The van der Waals surface area contributed by atoms with Crippen molar-refractivity contribution in [1.29, 1.82) is 0 Å². The van der Waals surface area contributed by atoms with Crippen LogP contribution in [0.2, 0.25) is 0 Å². The van der Waals surface area contributed by atoms with Gasteiger partial charge in [-0.05, 0) is 30.3 Å². The molecule has 9 heteroatoms. The van der Waals surface area contributed by atoms with Crippen molar-refractivity contribution >= 4 is 0 Å². The van der Waals surface area contributed by atoms with Gasteiger partial charge in [0.2, 0.25) is 17.3 Å². The van der Waals surface area contributed by atoms with Gasteiger partial charge in [-0.15, -0.1) is 23.4 Å². The van der Waals surface area contributed by atoms with Crippen LogP contribution in [0.3, 0.4) is 0 Å². The van der Waals surface area contributed by atoms with Crippen molar-refractivity contribution in [2.75, 3.05) is 0 Å². The smallest absolute Gasteiger partial charge is 0.416 e. The van der Waals surface area contributed by atoms with E-state index in [0.717, 1.165) is 12.1 Å². The lowest BCUT2D eigenvalue weighted by molar-refractivity contribution is -0.274. The Kier molecular flexibility index (Phi) is 3.61. The van der Waals surface area contributed by atoms with Crippen LogP contribution in [0.4, 0.5) is 13.2 Å². The standard InChI is InChI=1S/C14H8F3N3O3/c15-14(16,17)23-10-4-1-8(2-5-10)12-19-20-13(22-12)9-3-6-11(21)18-7-9/h1-7H,(H,18,21). The fraction of sp³-hybridized carbons (Fsp3) is 0.0714. The molecule has 0 atom stereocenters. The number of hydrogen-bond donors (Lipinski definition) is 1. The number of pyridine rings is 1. The second-order valence-corrected chi connectivity index (χ2v) is 4.43. The average Bonchev–Trinajstić information content (AvgIpc) is 2.97.